The monoisotopic (exact) mass is 224 g/mol. The number of ether oxygens (including phenoxy) is 1. The second-order valence-corrected chi connectivity index (χ2v) is 2.91. The van der Waals surface area contributed by atoms with Crippen LogP contribution in [0.4, 0.5) is 0 Å². The van der Waals surface area contributed by atoms with E-state index in [2.05, 4.69) is 10.3 Å². The largest absolute Gasteiger partial charge is 0.484 e. The van der Waals surface area contributed by atoms with Crippen molar-refractivity contribution >= 4 is 11.8 Å². The zero-order chi connectivity index (χ0) is 12.0. The van der Waals surface area contributed by atoms with Gasteiger partial charge in [-0.05, 0) is 24.3 Å². The summed E-state index contributed by atoms with van der Waals surface area (Å²) in [5.74, 6) is -0.446. The van der Waals surface area contributed by atoms with E-state index < -0.39 is 5.91 Å². The van der Waals surface area contributed by atoms with Crippen molar-refractivity contribution in [3.05, 3.63) is 29.8 Å². The molecule has 1 aromatic carbocycles. The number of hydrogen-bond acceptors (Lipinski definition) is 4. The van der Waals surface area contributed by atoms with Gasteiger partial charge < -0.3 is 10.5 Å². The Morgan fingerprint density at radius 3 is 2.44 bits per heavy atom. The van der Waals surface area contributed by atoms with E-state index in [-0.39, 0.29) is 12.5 Å². The quantitative estimate of drug-likeness (QED) is 0.680. The van der Waals surface area contributed by atoms with Gasteiger partial charge in [0.2, 0.25) is 0 Å². The van der Waals surface area contributed by atoms with Gasteiger partial charge in [0.05, 0.1) is 7.11 Å². The minimum atomic E-state index is -0.554. The van der Waals surface area contributed by atoms with Gasteiger partial charge in [0.15, 0.2) is 6.61 Å². The number of hydroxylamine groups is 1. The smallest absolute Gasteiger partial charge is 0.274 e. The van der Waals surface area contributed by atoms with E-state index in [0.29, 0.717) is 11.3 Å². The van der Waals surface area contributed by atoms with Gasteiger partial charge in [-0.2, -0.15) is 0 Å². The summed E-state index contributed by atoms with van der Waals surface area (Å²) in [6.45, 7) is -0.191. The third-order valence-electron chi connectivity index (χ3n) is 1.69. The summed E-state index contributed by atoms with van der Waals surface area (Å²) in [7, 11) is 1.35. The predicted molar refractivity (Wildman–Crippen MR) is 55.6 cm³/mol. The lowest BCUT2D eigenvalue weighted by Crippen LogP contribution is -2.22. The van der Waals surface area contributed by atoms with E-state index in [4.69, 9.17) is 10.5 Å². The first-order chi connectivity index (χ1) is 7.63. The molecule has 6 nitrogen and oxygen atoms in total. The minimum absolute atomic E-state index is 0.191. The average Bonchev–Trinajstić information content (AvgIpc) is 2.27. The Balaban J connectivity index is 2.60. The molecule has 0 aliphatic heterocycles. The first-order valence-electron chi connectivity index (χ1n) is 4.48. The molecule has 0 aromatic heterocycles. The summed E-state index contributed by atoms with van der Waals surface area (Å²) < 4.78 is 5.02. The fourth-order valence-corrected chi connectivity index (χ4v) is 1.01. The van der Waals surface area contributed by atoms with Crippen LogP contribution in [0.5, 0.6) is 5.75 Å². The van der Waals surface area contributed by atoms with Crippen molar-refractivity contribution in [1.82, 2.24) is 5.48 Å². The van der Waals surface area contributed by atoms with Gasteiger partial charge in [0.1, 0.15) is 5.75 Å². The standard InChI is InChI=1S/C10H12N2O4/c1-15-12-10(14)7-2-4-8(5-3-7)16-6-9(11)13/h2-5H,6H2,1H3,(H2,11,13)(H,12,14). The lowest BCUT2D eigenvalue weighted by atomic mass is 10.2. The van der Waals surface area contributed by atoms with Gasteiger partial charge in [-0.1, -0.05) is 0 Å². The van der Waals surface area contributed by atoms with E-state index in [0.717, 1.165) is 0 Å². The highest BCUT2D eigenvalue weighted by atomic mass is 16.6. The van der Waals surface area contributed by atoms with E-state index in [1.54, 1.807) is 24.3 Å². The fraction of sp³-hybridized carbons (Fsp3) is 0.200. The molecule has 0 unspecified atom stereocenters. The van der Waals surface area contributed by atoms with Gasteiger partial charge in [0, 0.05) is 5.56 Å². The SMILES string of the molecule is CONC(=O)c1ccc(OCC(N)=O)cc1. The van der Waals surface area contributed by atoms with E-state index in [1.165, 1.54) is 7.11 Å². The number of carbonyl (C=O) groups excluding carboxylic acids is 2. The summed E-state index contributed by atoms with van der Waals surface area (Å²) in [5, 5.41) is 0. The molecule has 0 fully saturated rings. The maximum atomic E-state index is 11.3. The molecule has 0 spiro atoms. The number of rotatable bonds is 5. The molecule has 16 heavy (non-hydrogen) atoms. The van der Waals surface area contributed by atoms with Crippen LogP contribution in [-0.4, -0.2) is 25.5 Å². The van der Waals surface area contributed by atoms with Gasteiger partial charge in [-0.15, -0.1) is 0 Å². The summed E-state index contributed by atoms with van der Waals surface area (Å²) in [4.78, 5) is 26.2. The van der Waals surface area contributed by atoms with Gasteiger partial charge >= 0.3 is 0 Å². The predicted octanol–water partition coefficient (Wildman–Crippen LogP) is -0.158. The molecule has 3 N–H and O–H groups in total. The lowest BCUT2D eigenvalue weighted by Gasteiger charge is -2.05. The van der Waals surface area contributed by atoms with Crippen LogP contribution in [0.2, 0.25) is 0 Å². The first kappa shape index (κ1) is 12.0. The molecule has 1 aromatic rings. The molecule has 0 saturated carbocycles. The third kappa shape index (κ3) is 3.58. The normalized spacial score (nSPS) is 9.56. The second kappa shape index (κ2) is 5.72. The van der Waals surface area contributed by atoms with E-state index in [1.807, 2.05) is 0 Å². The van der Waals surface area contributed by atoms with Crippen molar-refractivity contribution in [1.29, 1.82) is 0 Å². The summed E-state index contributed by atoms with van der Waals surface area (Å²) in [6, 6.07) is 6.22. The van der Waals surface area contributed by atoms with Crippen LogP contribution in [0.1, 0.15) is 10.4 Å². The van der Waals surface area contributed by atoms with Crippen molar-refractivity contribution < 1.29 is 19.2 Å². The van der Waals surface area contributed by atoms with Crippen LogP contribution in [0.25, 0.3) is 0 Å². The maximum Gasteiger partial charge on any atom is 0.274 e. The van der Waals surface area contributed by atoms with Crippen molar-refractivity contribution in [2.45, 2.75) is 0 Å². The first-order valence-corrected chi connectivity index (χ1v) is 4.48. The van der Waals surface area contributed by atoms with E-state index in [9.17, 15) is 9.59 Å². The zero-order valence-electron chi connectivity index (χ0n) is 8.73. The van der Waals surface area contributed by atoms with Crippen molar-refractivity contribution in [3.8, 4) is 5.75 Å². The molecule has 0 heterocycles. The average molecular weight is 224 g/mol. The molecule has 0 aliphatic rings. The Hall–Kier alpha value is -2.08. The maximum absolute atomic E-state index is 11.3. The van der Waals surface area contributed by atoms with Crippen molar-refractivity contribution in [2.24, 2.45) is 5.73 Å². The Kier molecular flexibility index (Phi) is 4.28. The third-order valence-corrected chi connectivity index (χ3v) is 1.69. The van der Waals surface area contributed by atoms with E-state index >= 15 is 0 Å². The fourth-order valence-electron chi connectivity index (χ4n) is 1.01. The van der Waals surface area contributed by atoms with Crippen LogP contribution in [0, 0.1) is 0 Å². The summed E-state index contributed by atoms with van der Waals surface area (Å²) in [5.41, 5.74) is 7.52. The van der Waals surface area contributed by atoms with Crippen LogP contribution in [-0.2, 0) is 9.63 Å². The number of nitrogens with one attached hydrogen (secondary N) is 1. The van der Waals surface area contributed by atoms with Crippen LogP contribution >= 0.6 is 0 Å². The molecule has 0 atom stereocenters. The number of benzene rings is 1. The molecule has 86 valence electrons. The van der Waals surface area contributed by atoms with Crippen LogP contribution < -0.4 is 16.0 Å². The minimum Gasteiger partial charge on any atom is -0.484 e. The number of amides is 2. The Morgan fingerprint density at radius 2 is 1.94 bits per heavy atom. The molecule has 6 heteroatoms. The van der Waals surface area contributed by atoms with Crippen LogP contribution in [0.3, 0.4) is 0 Å². The molecular weight excluding hydrogens is 212 g/mol. The number of primary amides is 1. The number of nitrogens with two attached hydrogens (primary N) is 1. The molecule has 0 aliphatic carbocycles. The lowest BCUT2D eigenvalue weighted by molar-refractivity contribution is -0.119. The zero-order valence-corrected chi connectivity index (χ0v) is 8.73. The Labute approximate surface area is 92.3 Å². The molecule has 0 radical (unpaired) electrons. The van der Waals surface area contributed by atoms with Gasteiger partial charge in [-0.3, -0.25) is 14.4 Å². The molecule has 1 rings (SSSR count). The topological polar surface area (TPSA) is 90.7 Å². The van der Waals surface area contributed by atoms with Gasteiger partial charge in [-0.25, -0.2) is 5.48 Å². The second-order valence-electron chi connectivity index (χ2n) is 2.91. The van der Waals surface area contributed by atoms with Crippen molar-refractivity contribution in [2.75, 3.05) is 13.7 Å². The highest BCUT2D eigenvalue weighted by Gasteiger charge is 2.04. The highest BCUT2D eigenvalue weighted by Crippen LogP contribution is 2.11. The number of carbonyl (C=O) groups is 2. The molecule has 0 saturated heterocycles. The Bertz CT molecular complexity index is 375. The van der Waals surface area contributed by atoms with Crippen molar-refractivity contribution in [3.63, 3.8) is 0 Å². The van der Waals surface area contributed by atoms with Crippen LogP contribution in [0.15, 0.2) is 24.3 Å². The summed E-state index contributed by atoms with van der Waals surface area (Å²) >= 11 is 0. The molecule has 0 bridgehead atoms. The Morgan fingerprint density at radius 1 is 1.31 bits per heavy atom. The van der Waals surface area contributed by atoms with Gasteiger partial charge in [0.25, 0.3) is 11.8 Å². The molecule has 2 amide bonds. The highest BCUT2D eigenvalue weighted by molar-refractivity contribution is 5.93. The summed E-state index contributed by atoms with van der Waals surface area (Å²) in [6.07, 6.45) is 0. The molecular formula is C10H12N2O4. The number of hydrogen-bond donors (Lipinski definition) is 2.